The minimum Gasteiger partial charge on any atom is -0.466 e. The largest absolute Gasteiger partial charge is 0.466 e. The van der Waals surface area contributed by atoms with E-state index in [-0.39, 0.29) is 28.6 Å². The first-order valence-corrected chi connectivity index (χ1v) is 12.9. The Labute approximate surface area is 182 Å². The van der Waals surface area contributed by atoms with Gasteiger partial charge in [0.15, 0.2) is 9.84 Å². The van der Waals surface area contributed by atoms with Crippen LogP contribution in [0.2, 0.25) is 0 Å². The summed E-state index contributed by atoms with van der Waals surface area (Å²) >= 11 is 0. The third-order valence-electron chi connectivity index (χ3n) is 3.83. The van der Waals surface area contributed by atoms with Gasteiger partial charge in [-0.25, -0.2) is 26.5 Å². The molecule has 1 N–H and O–H groups in total. The minimum absolute atomic E-state index is 0.0130. The molecule has 1 heterocycles. The lowest BCUT2D eigenvalue weighted by atomic mass is 10.2. The van der Waals surface area contributed by atoms with E-state index in [1.807, 2.05) is 0 Å². The molecule has 10 nitrogen and oxygen atoms in total. The van der Waals surface area contributed by atoms with Crippen LogP contribution < -0.4 is 10.2 Å². The van der Waals surface area contributed by atoms with Gasteiger partial charge in [-0.1, -0.05) is 0 Å². The normalized spacial score (nSPS) is 15.5. The highest BCUT2D eigenvalue weighted by molar-refractivity contribution is 7.94. The van der Waals surface area contributed by atoms with Gasteiger partial charge < -0.3 is 14.8 Å². The molecule has 172 valence electrons. The van der Waals surface area contributed by atoms with E-state index >= 15 is 0 Å². The lowest BCUT2D eigenvalue weighted by Crippen LogP contribution is -2.39. The van der Waals surface area contributed by atoms with Crippen LogP contribution in [0.1, 0.15) is 34.1 Å². The number of carbonyl (C=O) groups is 2. The number of carbonyl (C=O) groups excluding carboxylic acids is 2. The monoisotopic (exact) mass is 474 g/mol. The Kier molecular flexibility index (Phi) is 7.06. The van der Waals surface area contributed by atoms with Crippen molar-refractivity contribution < 1.29 is 35.9 Å². The number of esters is 1. The molecule has 0 radical (unpaired) electrons. The first-order chi connectivity index (χ1) is 14.1. The summed E-state index contributed by atoms with van der Waals surface area (Å²) in [5.41, 5.74) is -0.767. The van der Waals surface area contributed by atoms with Crippen LogP contribution in [0.15, 0.2) is 34.2 Å². The number of hydrogen-bond acceptors (Lipinski definition) is 9. The van der Waals surface area contributed by atoms with Gasteiger partial charge in [0.1, 0.15) is 11.5 Å². The molecule has 0 aromatic heterocycles. The number of amides is 1. The van der Waals surface area contributed by atoms with Crippen molar-refractivity contribution in [3.8, 4) is 0 Å². The van der Waals surface area contributed by atoms with Crippen LogP contribution in [-0.2, 0) is 33.9 Å². The molecule has 31 heavy (non-hydrogen) atoms. The Balaban J connectivity index is 2.56. The van der Waals surface area contributed by atoms with E-state index in [9.17, 15) is 26.4 Å². The molecule has 1 aliphatic heterocycles. The standard InChI is InChI=1S/C19H26N2O8S2/c1-6-28-17(22)10-14-11-31(26,27)16-9-13(20-12-30(5,24)25)7-8-15(16)21(14)18(23)29-19(2,3)4/h7-9,11,20H,6,10,12H2,1-5H3. The maximum Gasteiger partial charge on any atom is 0.419 e. The molecule has 12 heteroatoms. The minimum atomic E-state index is -4.05. The second-order valence-corrected chi connectivity index (χ2v) is 11.8. The molecule has 0 spiro atoms. The van der Waals surface area contributed by atoms with Gasteiger partial charge in [0, 0.05) is 11.9 Å². The van der Waals surface area contributed by atoms with Gasteiger partial charge in [0.2, 0.25) is 9.84 Å². The molecule has 1 aromatic carbocycles. The van der Waals surface area contributed by atoms with Crippen molar-refractivity contribution in [3.63, 3.8) is 0 Å². The van der Waals surface area contributed by atoms with Gasteiger partial charge >= 0.3 is 12.1 Å². The van der Waals surface area contributed by atoms with Crippen LogP contribution in [0.5, 0.6) is 0 Å². The predicted molar refractivity (Wildman–Crippen MR) is 115 cm³/mol. The fourth-order valence-corrected chi connectivity index (χ4v) is 4.55. The molecule has 1 aliphatic rings. The van der Waals surface area contributed by atoms with Crippen molar-refractivity contribution in [3.05, 3.63) is 29.3 Å². The lowest BCUT2D eigenvalue weighted by molar-refractivity contribution is -0.142. The van der Waals surface area contributed by atoms with Crippen molar-refractivity contribution in [2.45, 2.75) is 44.6 Å². The van der Waals surface area contributed by atoms with E-state index in [1.165, 1.54) is 18.2 Å². The Morgan fingerprint density at radius 3 is 2.39 bits per heavy atom. The fourth-order valence-electron chi connectivity index (χ4n) is 2.70. The summed E-state index contributed by atoms with van der Waals surface area (Å²) in [6.45, 7) is 6.66. The second-order valence-electron chi connectivity index (χ2n) is 7.88. The highest BCUT2D eigenvalue weighted by Gasteiger charge is 2.36. The first kappa shape index (κ1) is 24.7. The van der Waals surface area contributed by atoms with Crippen LogP contribution in [0.4, 0.5) is 16.2 Å². The summed E-state index contributed by atoms with van der Waals surface area (Å²) in [5.74, 6) is -1.10. The molecular weight excluding hydrogens is 448 g/mol. The molecule has 0 atom stereocenters. The van der Waals surface area contributed by atoms with Crippen LogP contribution in [0.25, 0.3) is 0 Å². The first-order valence-electron chi connectivity index (χ1n) is 9.33. The SMILES string of the molecule is CCOC(=O)CC1=CS(=O)(=O)c2cc(NCS(C)(=O)=O)ccc2N1C(=O)OC(C)(C)C. The quantitative estimate of drug-likeness (QED) is 0.616. The number of rotatable bonds is 6. The average molecular weight is 475 g/mol. The zero-order chi connectivity index (χ0) is 23.6. The van der Waals surface area contributed by atoms with Gasteiger partial charge in [-0.05, 0) is 45.9 Å². The van der Waals surface area contributed by atoms with Gasteiger partial charge in [0.05, 0.1) is 34.7 Å². The number of sulfone groups is 2. The molecular formula is C19H26N2O8S2. The average Bonchev–Trinajstić information content (AvgIpc) is 2.57. The summed E-state index contributed by atoms with van der Waals surface area (Å²) in [5, 5.41) is 3.45. The number of anilines is 2. The summed E-state index contributed by atoms with van der Waals surface area (Å²) in [4.78, 5) is 25.7. The lowest BCUT2D eigenvalue weighted by Gasteiger charge is -2.32. The van der Waals surface area contributed by atoms with Crippen LogP contribution >= 0.6 is 0 Å². The molecule has 0 saturated heterocycles. The number of benzene rings is 1. The van der Waals surface area contributed by atoms with Crippen molar-refractivity contribution in [1.29, 1.82) is 0 Å². The number of nitrogens with one attached hydrogen (secondary N) is 1. The van der Waals surface area contributed by atoms with Crippen molar-refractivity contribution in [2.75, 3.05) is 29.0 Å². The summed E-state index contributed by atoms with van der Waals surface area (Å²) in [6, 6.07) is 4.01. The topological polar surface area (TPSA) is 136 Å². The molecule has 2 rings (SSSR count). The molecule has 0 unspecified atom stereocenters. The highest BCUT2D eigenvalue weighted by Crippen LogP contribution is 2.38. The van der Waals surface area contributed by atoms with E-state index in [2.05, 4.69) is 5.32 Å². The smallest absolute Gasteiger partial charge is 0.419 e. The molecule has 0 saturated carbocycles. The Morgan fingerprint density at radius 1 is 1.19 bits per heavy atom. The van der Waals surface area contributed by atoms with Crippen molar-refractivity contribution >= 4 is 43.1 Å². The molecule has 1 aromatic rings. The Morgan fingerprint density at radius 2 is 1.84 bits per heavy atom. The number of fused-ring (bicyclic) bond motifs is 1. The summed E-state index contributed by atoms with van der Waals surface area (Å²) in [7, 11) is -7.40. The molecule has 1 amide bonds. The van der Waals surface area contributed by atoms with Crippen molar-refractivity contribution in [2.24, 2.45) is 0 Å². The van der Waals surface area contributed by atoms with Crippen LogP contribution in [-0.4, -0.2) is 53.2 Å². The highest BCUT2D eigenvalue weighted by atomic mass is 32.2. The third kappa shape index (κ3) is 6.69. The van der Waals surface area contributed by atoms with E-state index in [0.717, 1.165) is 16.6 Å². The number of hydrogen-bond donors (Lipinski definition) is 1. The van der Waals surface area contributed by atoms with E-state index in [1.54, 1.807) is 27.7 Å². The third-order valence-corrected chi connectivity index (χ3v) is 6.02. The maximum absolute atomic E-state index is 12.9. The predicted octanol–water partition coefficient (Wildman–Crippen LogP) is 2.42. The fraction of sp³-hybridized carbons (Fsp3) is 0.474. The summed E-state index contributed by atoms with van der Waals surface area (Å²) in [6.07, 6.45) is -0.292. The van der Waals surface area contributed by atoms with Crippen LogP contribution in [0, 0.1) is 0 Å². The van der Waals surface area contributed by atoms with Gasteiger partial charge in [-0.3, -0.25) is 4.79 Å². The maximum atomic E-state index is 12.9. The zero-order valence-corrected chi connectivity index (χ0v) is 19.6. The zero-order valence-electron chi connectivity index (χ0n) is 18.0. The van der Waals surface area contributed by atoms with Gasteiger partial charge in [0.25, 0.3) is 0 Å². The van der Waals surface area contributed by atoms with Crippen molar-refractivity contribution in [1.82, 2.24) is 0 Å². The Bertz CT molecular complexity index is 1120. The summed E-state index contributed by atoms with van der Waals surface area (Å²) < 4.78 is 58.8. The number of nitrogens with zero attached hydrogens (tertiary/aromatic N) is 1. The van der Waals surface area contributed by atoms with Gasteiger partial charge in [-0.15, -0.1) is 0 Å². The molecule has 0 bridgehead atoms. The van der Waals surface area contributed by atoms with E-state index in [4.69, 9.17) is 9.47 Å². The molecule has 0 fully saturated rings. The van der Waals surface area contributed by atoms with E-state index in [0.29, 0.717) is 0 Å². The van der Waals surface area contributed by atoms with E-state index < -0.39 is 49.6 Å². The van der Waals surface area contributed by atoms with Crippen LogP contribution in [0.3, 0.4) is 0 Å². The number of ether oxygens (including phenoxy) is 2. The van der Waals surface area contributed by atoms with Gasteiger partial charge in [-0.2, -0.15) is 0 Å². The second kappa shape index (κ2) is 8.87. The molecule has 0 aliphatic carbocycles. The Hall–Kier alpha value is -2.60.